The number of nitro groups is 1. The lowest BCUT2D eigenvalue weighted by Crippen LogP contribution is -2.07. The van der Waals surface area contributed by atoms with E-state index in [9.17, 15) is 20.1 Å². The standard InChI is InChI=1S/C25H18N6O4/c32-24(12-3-16-1-4-17(5-2-16)22-14-26-15-27-22)28-19-8-6-18(7-9-19)25-29-21-11-10-20(31(34)35)13-23(21)30(25)33/h1-15,33H,(H,26,27)(H,28,32)/b12-3+. The molecule has 0 saturated heterocycles. The molecule has 5 aromatic rings. The van der Waals surface area contributed by atoms with E-state index in [1.807, 2.05) is 24.3 Å². The maximum absolute atomic E-state index is 12.3. The van der Waals surface area contributed by atoms with E-state index in [0.717, 1.165) is 21.6 Å². The molecule has 2 aromatic heterocycles. The van der Waals surface area contributed by atoms with Crippen molar-refractivity contribution < 1.29 is 14.9 Å². The van der Waals surface area contributed by atoms with Crippen molar-refractivity contribution in [2.24, 2.45) is 0 Å². The van der Waals surface area contributed by atoms with Crippen LogP contribution < -0.4 is 5.32 Å². The van der Waals surface area contributed by atoms with Gasteiger partial charge in [0.15, 0.2) is 5.82 Å². The number of H-pyrrole nitrogens is 1. The van der Waals surface area contributed by atoms with Gasteiger partial charge in [-0.1, -0.05) is 24.3 Å². The predicted octanol–water partition coefficient (Wildman–Crippen LogP) is 4.89. The molecule has 172 valence electrons. The number of nitro benzene ring substituents is 1. The molecular formula is C25H18N6O4. The number of aromatic amines is 1. The first-order chi connectivity index (χ1) is 17.0. The molecule has 3 aromatic carbocycles. The number of aromatic nitrogens is 4. The van der Waals surface area contributed by atoms with Crippen LogP contribution >= 0.6 is 0 Å². The monoisotopic (exact) mass is 466 g/mol. The maximum atomic E-state index is 12.3. The van der Waals surface area contributed by atoms with Crippen LogP contribution in [0.4, 0.5) is 11.4 Å². The van der Waals surface area contributed by atoms with Crippen LogP contribution in [0.25, 0.3) is 39.8 Å². The van der Waals surface area contributed by atoms with Crippen LogP contribution in [-0.4, -0.2) is 35.7 Å². The van der Waals surface area contributed by atoms with Gasteiger partial charge in [-0.2, -0.15) is 4.73 Å². The maximum Gasteiger partial charge on any atom is 0.271 e. The van der Waals surface area contributed by atoms with E-state index in [1.165, 1.54) is 24.3 Å². The van der Waals surface area contributed by atoms with Crippen LogP contribution in [-0.2, 0) is 4.79 Å². The Morgan fingerprint density at radius 2 is 1.80 bits per heavy atom. The van der Waals surface area contributed by atoms with Crippen molar-refractivity contribution in [2.75, 3.05) is 5.32 Å². The zero-order valence-corrected chi connectivity index (χ0v) is 18.1. The molecule has 10 heteroatoms. The second-order valence-electron chi connectivity index (χ2n) is 7.66. The van der Waals surface area contributed by atoms with Gasteiger partial charge in [-0.05, 0) is 47.5 Å². The first-order valence-electron chi connectivity index (χ1n) is 10.5. The Balaban J connectivity index is 1.26. The summed E-state index contributed by atoms with van der Waals surface area (Å²) in [4.78, 5) is 34.2. The third kappa shape index (κ3) is 4.48. The second kappa shape index (κ2) is 8.94. The third-order valence-corrected chi connectivity index (χ3v) is 5.38. The number of hydrogen-bond acceptors (Lipinski definition) is 6. The molecule has 0 fully saturated rings. The fourth-order valence-corrected chi connectivity index (χ4v) is 3.60. The molecule has 0 aliphatic rings. The molecule has 35 heavy (non-hydrogen) atoms. The molecule has 0 bridgehead atoms. The van der Waals surface area contributed by atoms with Gasteiger partial charge in [0, 0.05) is 29.5 Å². The largest absolute Gasteiger partial charge is 0.426 e. The zero-order chi connectivity index (χ0) is 24.4. The van der Waals surface area contributed by atoms with Gasteiger partial charge in [-0.3, -0.25) is 14.9 Å². The normalized spacial score (nSPS) is 11.2. The first kappa shape index (κ1) is 21.6. The number of carbonyl (C=O) groups is 1. The van der Waals surface area contributed by atoms with Gasteiger partial charge in [0.25, 0.3) is 5.69 Å². The van der Waals surface area contributed by atoms with Crippen LogP contribution in [0.1, 0.15) is 5.56 Å². The van der Waals surface area contributed by atoms with Gasteiger partial charge in [0.05, 0.1) is 28.7 Å². The Hall–Kier alpha value is -5.25. The SMILES string of the molecule is O=C(/C=C/c1ccc(-c2cnc[nH]2)cc1)Nc1ccc(-c2nc3ccc([N+](=O)[O-])cc3n2O)cc1. The summed E-state index contributed by atoms with van der Waals surface area (Å²) in [5.74, 6) is -0.0612. The number of benzene rings is 3. The molecule has 0 unspecified atom stereocenters. The summed E-state index contributed by atoms with van der Waals surface area (Å²) < 4.78 is 0.816. The van der Waals surface area contributed by atoms with E-state index in [4.69, 9.17) is 0 Å². The highest BCUT2D eigenvalue weighted by atomic mass is 16.6. The number of non-ortho nitro benzene ring substituents is 1. The quantitative estimate of drug-likeness (QED) is 0.141. The Labute approximate surface area is 198 Å². The lowest BCUT2D eigenvalue weighted by molar-refractivity contribution is -0.384. The molecule has 5 rings (SSSR count). The molecule has 2 heterocycles. The first-order valence-corrected chi connectivity index (χ1v) is 10.5. The molecule has 10 nitrogen and oxygen atoms in total. The summed E-state index contributed by atoms with van der Waals surface area (Å²) in [6.07, 6.45) is 6.52. The van der Waals surface area contributed by atoms with Crippen molar-refractivity contribution in [3.63, 3.8) is 0 Å². The highest BCUT2D eigenvalue weighted by Gasteiger charge is 2.15. The van der Waals surface area contributed by atoms with E-state index >= 15 is 0 Å². The highest BCUT2D eigenvalue weighted by Crippen LogP contribution is 2.27. The van der Waals surface area contributed by atoms with Gasteiger partial charge >= 0.3 is 0 Å². The summed E-state index contributed by atoms with van der Waals surface area (Å²) in [5, 5.41) is 24.2. The number of hydrogen-bond donors (Lipinski definition) is 3. The number of imidazole rings is 2. The second-order valence-corrected chi connectivity index (χ2v) is 7.66. The number of nitrogens with one attached hydrogen (secondary N) is 2. The zero-order valence-electron chi connectivity index (χ0n) is 18.1. The number of nitrogens with zero attached hydrogens (tertiary/aromatic N) is 4. The molecule has 0 radical (unpaired) electrons. The van der Waals surface area contributed by atoms with Gasteiger partial charge in [-0.15, -0.1) is 0 Å². The van der Waals surface area contributed by atoms with Crippen LogP contribution in [0.5, 0.6) is 0 Å². The fourth-order valence-electron chi connectivity index (χ4n) is 3.60. The number of rotatable bonds is 6. The Morgan fingerprint density at radius 3 is 2.49 bits per heavy atom. The van der Waals surface area contributed by atoms with Crippen molar-refractivity contribution in [3.05, 3.63) is 101 Å². The van der Waals surface area contributed by atoms with Gasteiger partial charge < -0.3 is 15.5 Å². The fraction of sp³-hybridized carbons (Fsp3) is 0. The van der Waals surface area contributed by atoms with Crippen LogP contribution in [0.2, 0.25) is 0 Å². The van der Waals surface area contributed by atoms with Crippen LogP contribution in [0, 0.1) is 10.1 Å². The molecule has 0 saturated carbocycles. The Bertz CT molecular complexity index is 1550. The number of carbonyl (C=O) groups excluding carboxylic acids is 1. The van der Waals surface area contributed by atoms with Gasteiger partial charge in [-0.25, -0.2) is 9.97 Å². The van der Waals surface area contributed by atoms with Crippen LogP contribution in [0.15, 0.2) is 85.3 Å². The molecule has 1 amide bonds. The average Bonchev–Trinajstić information content (AvgIpc) is 3.52. The highest BCUT2D eigenvalue weighted by molar-refractivity contribution is 6.02. The molecular weight excluding hydrogens is 448 g/mol. The minimum absolute atomic E-state index is 0.140. The van der Waals surface area contributed by atoms with Crippen molar-refractivity contribution in [3.8, 4) is 22.6 Å². The van der Waals surface area contributed by atoms with E-state index < -0.39 is 4.92 Å². The molecule has 0 aliphatic heterocycles. The average molecular weight is 466 g/mol. The predicted molar refractivity (Wildman–Crippen MR) is 131 cm³/mol. The molecule has 0 atom stereocenters. The lowest BCUT2D eigenvalue weighted by atomic mass is 10.1. The van der Waals surface area contributed by atoms with Crippen LogP contribution in [0.3, 0.4) is 0 Å². The van der Waals surface area contributed by atoms with E-state index in [0.29, 0.717) is 16.8 Å². The summed E-state index contributed by atoms with van der Waals surface area (Å²) in [6, 6.07) is 18.5. The van der Waals surface area contributed by atoms with Crippen molar-refractivity contribution in [1.82, 2.24) is 19.7 Å². The lowest BCUT2D eigenvalue weighted by Gasteiger charge is -2.05. The number of anilines is 1. The molecule has 0 aliphatic carbocycles. The number of fused-ring (bicyclic) bond motifs is 1. The summed E-state index contributed by atoms with van der Waals surface area (Å²) >= 11 is 0. The minimum Gasteiger partial charge on any atom is -0.426 e. The summed E-state index contributed by atoms with van der Waals surface area (Å²) in [5.41, 5.74) is 4.45. The topological polar surface area (TPSA) is 139 Å². The van der Waals surface area contributed by atoms with E-state index in [2.05, 4.69) is 20.3 Å². The Kier molecular flexibility index (Phi) is 5.52. The summed E-state index contributed by atoms with van der Waals surface area (Å²) in [6.45, 7) is 0. The molecule has 0 spiro atoms. The third-order valence-electron chi connectivity index (χ3n) is 5.38. The Morgan fingerprint density at radius 1 is 1.06 bits per heavy atom. The minimum atomic E-state index is -0.533. The van der Waals surface area contributed by atoms with Gasteiger partial charge in [0.1, 0.15) is 5.52 Å². The van der Waals surface area contributed by atoms with Crippen molar-refractivity contribution in [2.45, 2.75) is 0 Å². The number of amides is 1. The summed E-state index contributed by atoms with van der Waals surface area (Å²) in [7, 11) is 0. The van der Waals surface area contributed by atoms with E-state index in [1.54, 1.807) is 42.9 Å². The van der Waals surface area contributed by atoms with Gasteiger partial charge in [0.2, 0.25) is 5.91 Å². The molecule has 3 N–H and O–H groups in total. The van der Waals surface area contributed by atoms with Crippen molar-refractivity contribution in [1.29, 1.82) is 0 Å². The van der Waals surface area contributed by atoms with Crippen molar-refractivity contribution >= 4 is 34.4 Å². The smallest absolute Gasteiger partial charge is 0.271 e. The van der Waals surface area contributed by atoms with E-state index in [-0.39, 0.29) is 22.9 Å².